The lowest BCUT2D eigenvalue weighted by Crippen LogP contribution is -2.37. The number of hydrogen-bond acceptors (Lipinski definition) is 4. The van der Waals surface area contributed by atoms with Crippen LogP contribution in [0.3, 0.4) is 0 Å². The predicted molar refractivity (Wildman–Crippen MR) is 134 cm³/mol. The van der Waals surface area contributed by atoms with E-state index in [1.54, 1.807) is 0 Å². The third-order valence-electron chi connectivity index (χ3n) is 7.10. The maximum absolute atomic E-state index is 13.3. The zero-order valence-corrected chi connectivity index (χ0v) is 19.6. The van der Waals surface area contributed by atoms with Crippen LogP contribution in [-0.4, -0.2) is 32.6 Å². The standard InChI is InChI=1S/C27H32N6O/c1-17-25(21-11-12-22-16-29-33-23(22)14-21)32-26(30-17)24(13-18-5-3-2-4-6-18)31-27(34)20-9-7-19(15-28)8-10-20/h2-6,11-12,14,16,19-20,24H,7-10,13,15,28H2,1H3,(H,29,33)(H,30,32)(H,31,34)/t19-,20-,24-/m0/s1. The molecule has 2 aromatic heterocycles. The molecule has 2 heterocycles. The molecule has 1 aliphatic rings. The second-order valence-corrected chi connectivity index (χ2v) is 9.47. The maximum Gasteiger partial charge on any atom is 0.223 e. The third-order valence-corrected chi connectivity index (χ3v) is 7.10. The number of hydrogen-bond donors (Lipinski definition) is 4. The van der Waals surface area contributed by atoms with Crippen LogP contribution in [0.2, 0.25) is 0 Å². The van der Waals surface area contributed by atoms with E-state index in [-0.39, 0.29) is 17.9 Å². The summed E-state index contributed by atoms with van der Waals surface area (Å²) in [5, 5.41) is 11.5. The van der Waals surface area contributed by atoms with E-state index in [4.69, 9.17) is 10.7 Å². The molecule has 7 heteroatoms. The fraction of sp³-hybridized carbons (Fsp3) is 0.370. The van der Waals surface area contributed by atoms with Crippen LogP contribution in [0.1, 0.15) is 48.8 Å². The van der Waals surface area contributed by atoms with Crippen LogP contribution < -0.4 is 11.1 Å². The highest BCUT2D eigenvalue weighted by molar-refractivity contribution is 5.83. The molecule has 4 aromatic rings. The number of nitrogens with one attached hydrogen (secondary N) is 3. The number of amides is 1. The van der Waals surface area contributed by atoms with Crippen LogP contribution in [0.5, 0.6) is 0 Å². The molecule has 0 unspecified atom stereocenters. The van der Waals surface area contributed by atoms with Crippen molar-refractivity contribution in [1.29, 1.82) is 0 Å². The molecule has 1 aliphatic carbocycles. The van der Waals surface area contributed by atoms with Crippen LogP contribution in [-0.2, 0) is 11.2 Å². The summed E-state index contributed by atoms with van der Waals surface area (Å²) in [5.41, 5.74) is 10.9. The molecule has 5 rings (SSSR count). The number of aromatic amines is 2. The summed E-state index contributed by atoms with van der Waals surface area (Å²) < 4.78 is 0. The first kappa shape index (κ1) is 22.3. The SMILES string of the molecule is Cc1[nH]c([C@H](Cc2ccccc2)NC(=O)[C@H]2CC[C@H](CN)CC2)nc1-c1ccc2cn[nH]c2c1. The molecule has 0 radical (unpaired) electrons. The van der Waals surface area contributed by atoms with Crippen molar-refractivity contribution < 1.29 is 4.79 Å². The lowest BCUT2D eigenvalue weighted by atomic mass is 9.81. The summed E-state index contributed by atoms with van der Waals surface area (Å²) in [6, 6.07) is 16.2. The largest absolute Gasteiger partial charge is 0.346 e. The van der Waals surface area contributed by atoms with Crippen molar-refractivity contribution in [2.24, 2.45) is 17.6 Å². The lowest BCUT2D eigenvalue weighted by molar-refractivity contribution is -0.127. The van der Waals surface area contributed by atoms with E-state index in [2.05, 4.69) is 44.8 Å². The van der Waals surface area contributed by atoms with Gasteiger partial charge in [0.1, 0.15) is 5.82 Å². The van der Waals surface area contributed by atoms with Crippen molar-refractivity contribution in [2.45, 2.75) is 45.1 Å². The zero-order valence-electron chi connectivity index (χ0n) is 19.6. The molecule has 2 aromatic carbocycles. The van der Waals surface area contributed by atoms with E-state index >= 15 is 0 Å². The van der Waals surface area contributed by atoms with Crippen molar-refractivity contribution in [3.8, 4) is 11.3 Å². The van der Waals surface area contributed by atoms with Crippen LogP contribution >= 0.6 is 0 Å². The molecule has 1 atom stereocenters. The van der Waals surface area contributed by atoms with Gasteiger partial charge in [-0.1, -0.05) is 42.5 Å². The number of nitrogens with two attached hydrogens (primary N) is 1. The predicted octanol–water partition coefficient (Wildman–Crippen LogP) is 4.43. The normalized spacial score (nSPS) is 19.2. The average Bonchev–Trinajstić information content (AvgIpc) is 3.50. The molecule has 5 N–H and O–H groups in total. The van der Waals surface area contributed by atoms with Gasteiger partial charge in [0, 0.05) is 22.6 Å². The summed E-state index contributed by atoms with van der Waals surface area (Å²) in [5.74, 6) is 1.49. The van der Waals surface area contributed by atoms with Gasteiger partial charge in [-0.2, -0.15) is 5.10 Å². The fourth-order valence-corrected chi connectivity index (χ4v) is 5.03. The van der Waals surface area contributed by atoms with Gasteiger partial charge in [-0.25, -0.2) is 4.98 Å². The van der Waals surface area contributed by atoms with Gasteiger partial charge in [-0.15, -0.1) is 0 Å². The topological polar surface area (TPSA) is 112 Å². The Kier molecular flexibility index (Phi) is 6.45. The minimum Gasteiger partial charge on any atom is -0.346 e. The van der Waals surface area contributed by atoms with Gasteiger partial charge in [0.15, 0.2) is 0 Å². The molecule has 0 saturated heterocycles. The van der Waals surface area contributed by atoms with Crippen molar-refractivity contribution in [3.05, 3.63) is 71.8 Å². The van der Waals surface area contributed by atoms with Gasteiger partial charge in [0.2, 0.25) is 5.91 Å². The minimum absolute atomic E-state index is 0.0411. The number of aryl methyl sites for hydroxylation is 1. The van der Waals surface area contributed by atoms with Crippen molar-refractivity contribution in [2.75, 3.05) is 6.54 Å². The van der Waals surface area contributed by atoms with Crippen LogP contribution in [0, 0.1) is 18.8 Å². The highest BCUT2D eigenvalue weighted by Crippen LogP contribution is 2.30. The summed E-state index contributed by atoms with van der Waals surface area (Å²) in [4.78, 5) is 21.7. The Morgan fingerprint density at radius 2 is 1.94 bits per heavy atom. The zero-order chi connectivity index (χ0) is 23.5. The molecular formula is C27H32N6O. The fourth-order valence-electron chi connectivity index (χ4n) is 5.03. The first-order valence-corrected chi connectivity index (χ1v) is 12.1. The number of carbonyl (C=O) groups excluding carboxylic acids is 1. The highest BCUT2D eigenvalue weighted by Gasteiger charge is 2.28. The van der Waals surface area contributed by atoms with E-state index in [1.807, 2.05) is 37.4 Å². The van der Waals surface area contributed by atoms with Crippen LogP contribution in [0.25, 0.3) is 22.2 Å². The Bertz CT molecular complexity index is 1250. The molecule has 176 valence electrons. The first-order chi connectivity index (χ1) is 16.6. The number of rotatable bonds is 7. The minimum atomic E-state index is -0.231. The Morgan fingerprint density at radius 3 is 2.71 bits per heavy atom. The Labute approximate surface area is 199 Å². The number of carbonyl (C=O) groups is 1. The van der Waals surface area contributed by atoms with Gasteiger partial charge in [0.05, 0.1) is 23.4 Å². The van der Waals surface area contributed by atoms with E-state index in [0.29, 0.717) is 18.9 Å². The van der Waals surface area contributed by atoms with Crippen LogP contribution in [0.15, 0.2) is 54.7 Å². The van der Waals surface area contributed by atoms with Gasteiger partial charge >= 0.3 is 0 Å². The van der Waals surface area contributed by atoms with E-state index in [0.717, 1.165) is 64.9 Å². The van der Waals surface area contributed by atoms with E-state index in [1.165, 1.54) is 0 Å². The summed E-state index contributed by atoms with van der Waals surface area (Å²) >= 11 is 0. The molecule has 0 spiro atoms. The average molecular weight is 457 g/mol. The number of aromatic nitrogens is 4. The number of nitrogens with zero attached hydrogens (tertiary/aromatic N) is 2. The molecule has 0 aliphatic heterocycles. The number of fused-ring (bicyclic) bond motifs is 1. The first-order valence-electron chi connectivity index (χ1n) is 12.1. The molecule has 7 nitrogen and oxygen atoms in total. The highest BCUT2D eigenvalue weighted by atomic mass is 16.1. The van der Waals surface area contributed by atoms with Gasteiger partial charge in [-0.05, 0) is 63.1 Å². The molecule has 34 heavy (non-hydrogen) atoms. The lowest BCUT2D eigenvalue weighted by Gasteiger charge is -2.28. The molecule has 1 amide bonds. The summed E-state index contributed by atoms with van der Waals surface area (Å²) in [6.45, 7) is 2.74. The van der Waals surface area contributed by atoms with E-state index < -0.39 is 0 Å². The molecular weight excluding hydrogens is 424 g/mol. The van der Waals surface area contributed by atoms with E-state index in [9.17, 15) is 4.79 Å². The van der Waals surface area contributed by atoms with Crippen LogP contribution in [0.4, 0.5) is 0 Å². The van der Waals surface area contributed by atoms with Gasteiger partial charge in [0.25, 0.3) is 0 Å². The number of H-pyrrole nitrogens is 2. The van der Waals surface area contributed by atoms with Crippen molar-refractivity contribution >= 4 is 16.8 Å². The second-order valence-electron chi connectivity index (χ2n) is 9.47. The number of imidazole rings is 1. The van der Waals surface area contributed by atoms with Crippen molar-refractivity contribution in [1.82, 2.24) is 25.5 Å². The quantitative estimate of drug-likeness (QED) is 0.330. The van der Waals surface area contributed by atoms with Gasteiger partial charge in [-0.3, -0.25) is 9.89 Å². The number of benzene rings is 2. The molecule has 1 fully saturated rings. The Morgan fingerprint density at radius 1 is 1.15 bits per heavy atom. The maximum atomic E-state index is 13.3. The van der Waals surface area contributed by atoms with Gasteiger partial charge < -0.3 is 16.0 Å². The van der Waals surface area contributed by atoms with Crippen molar-refractivity contribution in [3.63, 3.8) is 0 Å². The third kappa shape index (κ3) is 4.75. The monoisotopic (exact) mass is 456 g/mol. The second kappa shape index (κ2) is 9.81. The molecule has 0 bridgehead atoms. The summed E-state index contributed by atoms with van der Waals surface area (Å²) in [6.07, 6.45) is 6.35. The summed E-state index contributed by atoms with van der Waals surface area (Å²) in [7, 11) is 0. The molecule has 1 saturated carbocycles. The Hall–Kier alpha value is -3.45. The smallest absolute Gasteiger partial charge is 0.223 e. The Balaban J connectivity index is 1.41.